The third-order valence-electron chi connectivity index (χ3n) is 6.36. The van der Waals surface area contributed by atoms with Crippen LogP contribution in [0.2, 0.25) is 0 Å². The minimum atomic E-state index is -0.162. The molecule has 6 heteroatoms. The van der Waals surface area contributed by atoms with Crippen molar-refractivity contribution in [2.24, 2.45) is 0 Å². The number of carbonyl (C=O) groups excluding carboxylic acids is 1. The summed E-state index contributed by atoms with van der Waals surface area (Å²) in [7, 11) is 1.66. The molecule has 0 aliphatic carbocycles. The maximum absolute atomic E-state index is 13.3. The number of ether oxygens (including phenoxy) is 1. The van der Waals surface area contributed by atoms with Gasteiger partial charge in [-0.3, -0.25) is 9.59 Å². The summed E-state index contributed by atoms with van der Waals surface area (Å²) >= 11 is 0. The largest absolute Gasteiger partial charge is 0.497 e. The number of benzene rings is 2. The molecule has 1 unspecified atom stereocenters. The highest BCUT2D eigenvalue weighted by atomic mass is 16.5. The summed E-state index contributed by atoms with van der Waals surface area (Å²) in [5.41, 5.74) is 3.41. The summed E-state index contributed by atoms with van der Waals surface area (Å²) < 4.78 is 7.33. The van der Waals surface area contributed by atoms with Gasteiger partial charge in [-0.05, 0) is 49.2 Å². The number of piperazine rings is 1. The second-order valence-corrected chi connectivity index (χ2v) is 8.12. The van der Waals surface area contributed by atoms with Crippen LogP contribution in [0.3, 0.4) is 0 Å². The van der Waals surface area contributed by atoms with Crippen LogP contribution in [0, 0.1) is 0 Å². The molecular formula is C24H25N3O3. The Kier molecular flexibility index (Phi) is 4.50. The summed E-state index contributed by atoms with van der Waals surface area (Å²) in [5.74, 6) is 0.666. The molecule has 2 aromatic carbocycles. The van der Waals surface area contributed by atoms with Crippen LogP contribution in [0.25, 0.3) is 10.9 Å². The van der Waals surface area contributed by atoms with Crippen LogP contribution in [0.15, 0.2) is 53.5 Å². The Labute approximate surface area is 175 Å². The third kappa shape index (κ3) is 2.95. The minimum Gasteiger partial charge on any atom is -0.497 e. The number of methoxy groups -OCH3 is 1. The van der Waals surface area contributed by atoms with E-state index in [2.05, 4.69) is 22.5 Å². The Balaban J connectivity index is 1.38. The van der Waals surface area contributed by atoms with Crippen LogP contribution in [0.1, 0.15) is 28.9 Å². The van der Waals surface area contributed by atoms with E-state index in [9.17, 15) is 9.59 Å². The Morgan fingerprint density at radius 2 is 1.77 bits per heavy atom. The molecule has 1 amide bonds. The first kappa shape index (κ1) is 18.7. The van der Waals surface area contributed by atoms with E-state index in [1.807, 2.05) is 36.4 Å². The topological polar surface area (TPSA) is 54.8 Å². The lowest BCUT2D eigenvalue weighted by Gasteiger charge is -2.36. The molecule has 0 bridgehead atoms. The molecule has 1 fully saturated rings. The van der Waals surface area contributed by atoms with E-state index < -0.39 is 0 Å². The molecule has 30 heavy (non-hydrogen) atoms. The number of anilines is 1. The molecule has 1 atom stereocenters. The van der Waals surface area contributed by atoms with Crippen LogP contribution in [-0.4, -0.2) is 48.7 Å². The van der Waals surface area contributed by atoms with Gasteiger partial charge in [0.1, 0.15) is 11.3 Å². The number of para-hydroxylation sites is 1. The maximum atomic E-state index is 13.3. The Bertz CT molecular complexity index is 1170. The van der Waals surface area contributed by atoms with Crippen molar-refractivity contribution in [2.45, 2.75) is 19.4 Å². The van der Waals surface area contributed by atoms with Gasteiger partial charge in [-0.15, -0.1) is 0 Å². The number of hydrogen-bond acceptors (Lipinski definition) is 4. The zero-order chi connectivity index (χ0) is 20.8. The van der Waals surface area contributed by atoms with Gasteiger partial charge < -0.3 is 19.1 Å². The van der Waals surface area contributed by atoms with Gasteiger partial charge in [0.05, 0.1) is 12.6 Å². The predicted octanol–water partition coefficient (Wildman–Crippen LogP) is 3.09. The molecule has 0 saturated carbocycles. The number of pyridine rings is 1. The summed E-state index contributed by atoms with van der Waals surface area (Å²) in [6, 6.07) is 14.0. The second-order valence-electron chi connectivity index (χ2n) is 8.12. The van der Waals surface area contributed by atoms with E-state index in [1.165, 1.54) is 5.56 Å². The van der Waals surface area contributed by atoms with Crippen LogP contribution < -0.4 is 15.1 Å². The highest BCUT2D eigenvalue weighted by molar-refractivity contribution is 5.98. The van der Waals surface area contributed by atoms with Gasteiger partial charge >= 0.3 is 0 Å². The summed E-state index contributed by atoms with van der Waals surface area (Å²) in [6.07, 6.45) is 2.68. The van der Waals surface area contributed by atoms with Crippen molar-refractivity contribution >= 4 is 22.5 Å². The van der Waals surface area contributed by atoms with Gasteiger partial charge in [-0.1, -0.05) is 12.1 Å². The lowest BCUT2D eigenvalue weighted by atomic mass is 10.1. The van der Waals surface area contributed by atoms with Crippen molar-refractivity contribution in [3.63, 3.8) is 0 Å². The van der Waals surface area contributed by atoms with Gasteiger partial charge in [0.15, 0.2) is 0 Å². The van der Waals surface area contributed by atoms with Gasteiger partial charge in [-0.2, -0.15) is 0 Å². The summed E-state index contributed by atoms with van der Waals surface area (Å²) in [4.78, 5) is 30.4. The van der Waals surface area contributed by atoms with Crippen molar-refractivity contribution in [1.29, 1.82) is 0 Å². The molecule has 5 rings (SSSR count). The molecule has 154 valence electrons. The molecule has 0 N–H and O–H groups in total. The Hall–Kier alpha value is -3.28. The SMILES string of the molecule is COc1ccc(N2CCN(C(=O)c3cn4c5c(cccc5c3=O)CC4C)CC2)cc1. The number of rotatable bonds is 3. The van der Waals surface area contributed by atoms with Crippen molar-refractivity contribution in [2.75, 3.05) is 38.2 Å². The zero-order valence-electron chi connectivity index (χ0n) is 17.3. The van der Waals surface area contributed by atoms with E-state index >= 15 is 0 Å². The monoisotopic (exact) mass is 403 g/mol. The van der Waals surface area contributed by atoms with Crippen LogP contribution in [0.5, 0.6) is 5.75 Å². The predicted molar refractivity (Wildman–Crippen MR) is 118 cm³/mol. The second kappa shape index (κ2) is 7.20. The molecule has 1 aromatic heterocycles. The number of aromatic nitrogens is 1. The van der Waals surface area contributed by atoms with Gasteiger partial charge in [0, 0.05) is 49.5 Å². The van der Waals surface area contributed by atoms with E-state index in [0.717, 1.165) is 36.5 Å². The number of nitrogens with zero attached hydrogens (tertiary/aromatic N) is 3. The van der Waals surface area contributed by atoms with Crippen LogP contribution in [-0.2, 0) is 6.42 Å². The molecule has 3 aromatic rings. The average molecular weight is 403 g/mol. The smallest absolute Gasteiger partial charge is 0.259 e. The van der Waals surface area contributed by atoms with E-state index in [1.54, 1.807) is 18.2 Å². The van der Waals surface area contributed by atoms with Crippen molar-refractivity contribution in [3.05, 3.63) is 70.0 Å². The minimum absolute atomic E-state index is 0.153. The van der Waals surface area contributed by atoms with Crippen molar-refractivity contribution < 1.29 is 9.53 Å². The third-order valence-corrected chi connectivity index (χ3v) is 6.36. The number of hydrogen-bond donors (Lipinski definition) is 0. The zero-order valence-corrected chi connectivity index (χ0v) is 17.3. The van der Waals surface area contributed by atoms with Crippen LogP contribution >= 0.6 is 0 Å². The van der Waals surface area contributed by atoms with Crippen molar-refractivity contribution in [1.82, 2.24) is 9.47 Å². The average Bonchev–Trinajstić information content (AvgIpc) is 3.11. The Morgan fingerprint density at radius 1 is 1.03 bits per heavy atom. The summed E-state index contributed by atoms with van der Waals surface area (Å²) in [6.45, 7) is 4.79. The number of amides is 1. The number of carbonyl (C=O) groups is 1. The first-order valence-corrected chi connectivity index (χ1v) is 10.4. The quantitative estimate of drug-likeness (QED) is 0.674. The summed E-state index contributed by atoms with van der Waals surface area (Å²) in [5, 5.41) is 0.652. The van der Waals surface area contributed by atoms with E-state index in [-0.39, 0.29) is 22.9 Å². The fourth-order valence-corrected chi connectivity index (χ4v) is 4.70. The molecule has 0 radical (unpaired) electrons. The van der Waals surface area contributed by atoms with E-state index in [4.69, 9.17) is 4.74 Å². The lowest BCUT2D eigenvalue weighted by molar-refractivity contribution is 0.0745. The normalized spacial score (nSPS) is 18.1. The fraction of sp³-hybridized carbons (Fsp3) is 0.333. The molecular weight excluding hydrogens is 378 g/mol. The molecule has 2 aliphatic rings. The first-order chi connectivity index (χ1) is 14.6. The molecule has 0 spiro atoms. The fourth-order valence-electron chi connectivity index (χ4n) is 4.70. The standard InChI is InChI=1S/C24H25N3O3/c1-16-14-17-4-3-5-20-22(17)27(16)15-21(23(20)28)24(29)26-12-10-25(11-13-26)18-6-8-19(30-2)9-7-18/h3-9,15-16H,10-14H2,1-2H3. The molecule has 6 nitrogen and oxygen atoms in total. The van der Waals surface area contributed by atoms with Gasteiger partial charge in [0.2, 0.25) is 5.43 Å². The first-order valence-electron chi connectivity index (χ1n) is 10.4. The van der Waals surface area contributed by atoms with Gasteiger partial charge in [-0.25, -0.2) is 0 Å². The Morgan fingerprint density at radius 3 is 2.47 bits per heavy atom. The lowest BCUT2D eigenvalue weighted by Crippen LogP contribution is -2.49. The highest BCUT2D eigenvalue weighted by Crippen LogP contribution is 2.31. The van der Waals surface area contributed by atoms with E-state index in [0.29, 0.717) is 18.5 Å². The molecule has 3 heterocycles. The highest BCUT2D eigenvalue weighted by Gasteiger charge is 2.28. The molecule has 2 aliphatic heterocycles. The van der Waals surface area contributed by atoms with Crippen LogP contribution in [0.4, 0.5) is 5.69 Å². The molecule has 1 saturated heterocycles. The maximum Gasteiger partial charge on any atom is 0.259 e. The van der Waals surface area contributed by atoms with Crippen molar-refractivity contribution in [3.8, 4) is 5.75 Å². The van der Waals surface area contributed by atoms with Gasteiger partial charge in [0.25, 0.3) is 5.91 Å².